The number of ether oxygens (including phenoxy) is 1. The summed E-state index contributed by atoms with van der Waals surface area (Å²) in [4.78, 5) is 3.63. The summed E-state index contributed by atoms with van der Waals surface area (Å²) in [5, 5.41) is 6.54. The van der Waals surface area contributed by atoms with Crippen LogP contribution in [0.3, 0.4) is 0 Å². The molecule has 0 aliphatic rings. The molecule has 0 unspecified atom stereocenters. The van der Waals surface area contributed by atoms with E-state index < -0.39 is 0 Å². The first-order valence-corrected chi connectivity index (χ1v) is 12.4. The van der Waals surface area contributed by atoms with E-state index in [4.69, 9.17) is 4.74 Å². The molecule has 1 aromatic carbocycles. The zero-order chi connectivity index (χ0) is 22.3. The Labute approximate surface area is 195 Å². The first-order chi connectivity index (χ1) is 14.9. The first kappa shape index (κ1) is 23.3. The highest BCUT2D eigenvalue weighted by molar-refractivity contribution is 7.14. The van der Waals surface area contributed by atoms with Gasteiger partial charge in [-0.3, -0.25) is 4.90 Å². The third kappa shape index (κ3) is 6.58. The molecule has 2 aromatic heterocycles. The van der Waals surface area contributed by atoms with Crippen molar-refractivity contribution in [3.63, 3.8) is 0 Å². The SMILES string of the molecule is CCN(C/C=C/C#CC(C)(C)C)Cc1cccc(-c2cc(-c3ccsc3)cs2)c1OC. The molecular formula is C27H31NOS2. The van der Waals surface area contributed by atoms with Gasteiger partial charge in [-0.2, -0.15) is 11.3 Å². The maximum atomic E-state index is 5.90. The lowest BCUT2D eigenvalue weighted by Gasteiger charge is -2.21. The smallest absolute Gasteiger partial charge is 0.131 e. The minimum atomic E-state index is 0.0354. The second-order valence-corrected chi connectivity index (χ2v) is 10.2. The van der Waals surface area contributed by atoms with Gasteiger partial charge >= 0.3 is 0 Å². The minimum Gasteiger partial charge on any atom is -0.496 e. The lowest BCUT2D eigenvalue weighted by atomic mass is 9.98. The van der Waals surface area contributed by atoms with Gasteiger partial charge in [-0.25, -0.2) is 0 Å². The highest BCUT2D eigenvalue weighted by Gasteiger charge is 2.15. The van der Waals surface area contributed by atoms with Crippen LogP contribution in [0.15, 0.2) is 58.6 Å². The van der Waals surface area contributed by atoms with Crippen LogP contribution in [-0.4, -0.2) is 25.1 Å². The van der Waals surface area contributed by atoms with Crippen molar-refractivity contribution >= 4 is 22.7 Å². The Morgan fingerprint density at radius 1 is 1.13 bits per heavy atom. The van der Waals surface area contributed by atoms with E-state index in [9.17, 15) is 0 Å². The van der Waals surface area contributed by atoms with Crippen LogP contribution in [0.1, 0.15) is 33.3 Å². The van der Waals surface area contributed by atoms with E-state index in [1.807, 2.05) is 6.08 Å². The predicted octanol–water partition coefficient (Wildman–Crippen LogP) is 7.58. The van der Waals surface area contributed by atoms with Crippen molar-refractivity contribution in [3.05, 3.63) is 64.2 Å². The summed E-state index contributed by atoms with van der Waals surface area (Å²) < 4.78 is 5.90. The van der Waals surface area contributed by atoms with Crippen molar-refractivity contribution in [3.8, 4) is 39.2 Å². The summed E-state index contributed by atoms with van der Waals surface area (Å²) in [5.74, 6) is 7.37. The molecule has 0 aliphatic heterocycles. The van der Waals surface area contributed by atoms with Crippen molar-refractivity contribution in [1.82, 2.24) is 4.90 Å². The molecule has 0 aliphatic carbocycles. The Kier molecular flexibility index (Phi) is 8.15. The fourth-order valence-corrected chi connectivity index (χ4v) is 4.87. The van der Waals surface area contributed by atoms with Crippen LogP contribution >= 0.6 is 22.7 Å². The summed E-state index contributed by atoms with van der Waals surface area (Å²) in [6.45, 7) is 11.2. The molecule has 0 fully saturated rings. The van der Waals surface area contributed by atoms with Gasteiger partial charge in [0, 0.05) is 34.5 Å². The summed E-state index contributed by atoms with van der Waals surface area (Å²) >= 11 is 3.50. The van der Waals surface area contributed by atoms with Gasteiger partial charge in [-0.1, -0.05) is 37.0 Å². The number of likely N-dealkylation sites (N-methyl/N-ethyl adjacent to an activating group) is 1. The highest BCUT2D eigenvalue weighted by Crippen LogP contribution is 2.39. The van der Waals surface area contributed by atoms with Gasteiger partial charge in [0.25, 0.3) is 0 Å². The lowest BCUT2D eigenvalue weighted by molar-refractivity contribution is 0.303. The molecule has 162 valence electrons. The molecule has 0 bridgehead atoms. The second-order valence-electron chi connectivity index (χ2n) is 8.46. The van der Waals surface area contributed by atoms with E-state index in [1.165, 1.54) is 21.6 Å². The third-order valence-corrected chi connectivity index (χ3v) is 6.52. The van der Waals surface area contributed by atoms with Crippen molar-refractivity contribution in [1.29, 1.82) is 0 Å². The summed E-state index contributed by atoms with van der Waals surface area (Å²) in [6, 6.07) is 10.9. The molecule has 0 N–H and O–H groups in total. The van der Waals surface area contributed by atoms with Gasteiger partial charge in [0.05, 0.1) is 7.11 Å². The average Bonchev–Trinajstić information content (AvgIpc) is 3.43. The van der Waals surface area contributed by atoms with E-state index >= 15 is 0 Å². The van der Waals surface area contributed by atoms with E-state index in [1.54, 1.807) is 29.8 Å². The molecule has 4 heteroatoms. The number of hydrogen-bond acceptors (Lipinski definition) is 4. The van der Waals surface area contributed by atoms with Crippen LogP contribution in [0.5, 0.6) is 5.75 Å². The third-order valence-electron chi connectivity index (χ3n) is 4.87. The summed E-state index contributed by atoms with van der Waals surface area (Å²) in [6.07, 6.45) is 4.12. The minimum absolute atomic E-state index is 0.0354. The lowest BCUT2D eigenvalue weighted by Crippen LogP contribution is -2.23. The Morgan fingerprint density at radius 2 is 1.97 bits per heavy atom. The molecule has 0 amide bonds. The van der Waals surface area contributed by atoms with Gasteiger partial charge in [-0.15, -0.1) is 11.3 Å². The van der Waals surface area contributed by atoms with Crippen LogP contribution in [0, 0.1) is 17.3 Å². The molecular weight excluding hydrogens is 418 g/mol. The number of nitrogens with zero attached hydrogens (tertiary/aromatic N) is 1. The van der Waals surface area contributed by atoms with Crippen molar-refractivity contribution in [2.75, 3.05) is 20.2 Å². The standard InChI is InChI=1S/C27H31NOS2/c1-6-28(15-9-7-8-14-27(2,3)4)18-21-11-10-12-24(26(21)29-5)25-17-23(20-31-25)22-13-16-30-19-22/h7,9-13,16-17,19-20H,6,15,18H2,1-5H3/b9-7+. The molecule has 3 aromatic rings. The summed E-state index contributed by atoms with van der Waals surface area (Å²) in [7, 11) is 1.77. The number of allylic oxidation sites excluding steroid dienone is 1. The summed E-state index contributed by atoms with van der Waals surface area (Å²) in [5.41, 5.74) is 4.95. The Balaban J connectivity index is 1.77. The molecule has 2 heterocycles. The molecule has 0 spiro atoms. The predicted molar refractivity (Wildman–Crippen MR) is 137 cm³/mol. The zero-order valence-corrected chi connectivity index (χ0v) is 20.7. The molecule has 31 heavy (non-hydrogen) atoms. The van der Waals surface area contributed by atoms with E-state index in [2.05, 4.69) is 97.0 Å². The highest BCUT2D eigenvalue weighted by atomic mass is 32.1. The van der Waals surface area contributed by atoms with Crippen molar-refractivity contribution in [2.24, 2.45) is 5.41 Å². The molecule has 0 saturated heterocycles. The number of benzene rings is 1. The Bertz CT molecular complexity index is 1060. The van der Waals surface area contributed by atoms with Gasteiger partial charge < -0.3 is 4.74 Å². The van der Waals surface area contributed by atoms with Crippen LogP contribution < -0.4 is 4.74 Å². The first-order valence-electron chi connectivity index (χ1n) is 10.6. The molecule has 0 saturated carbocycles. The fraction of sp³-hybridized carbons (Fsp3) is 0.333. The number of hydrogen-bond donors (Lipinski definition) is 0. The van der Waals surface area contributed by atoms with E-state index in [0.717, 1.165) is 30.9 Å². The Morgan fingerprint density at radius 3 is 2.65 bits per heavy atom. The number of rotatable bonds is 8. The van der Waals surface area contributed by atoms with Crippen molar-refractivity contribution in [2.45, 2.75) is 34.2 Å². The number of para-hydroxylation sites is 1. The monoisotopic (exact) mass is 449 g/mol. The van der Waals surface area contributed by atoms with E-state index in [0.29, 0.717) is 0 Å². The fourth-order valence-electron chi connectivity index (χ4n) is 3.27. The molecule has 3 rings (SSSR count). The second kappa shape index (κ2) is 10.8. The van der Waals surface area contributed by atoms with Crippen LogP contribution in [0.4, 0.5) is 0 Å². The maximum absolute atomic E-state index is 5.90. The average molecular weight is 450 g/mol. The van der Waals surface area contributed by atoms with Crippen LogP contribution in [0.25, 0.3) is 21.6 Å². The van der Waals surface area contributed by atoms with Crippen LogP contribution in [0.2, 0.25) is 0 Å². The normalized spacial score (nSPS) is 11.7. The van der Waals surface area contributed by atoms with Crippen molar-refractivity contribution < 1.29 is 4.74 Å². The van der Waals surface area contributed by atoms with Gasteiger partial charge in [0.2, 0.25) is 0 Å². The van der Waals surface area contributed by atoms with Gasteiger partial charge in [-0.05, 0) is 78.9 Å². The van der Waals surface area contributed by atoms with Crippen LogP contribution in [-0.2, 0) is 6.54 Å². The maximum Gasteiger partial charge on any atom is 0.131 e. The van der Waals surface area contributed by atoms with E-state index in [-0.39, 0.29) is 5.41 Å². The number of thiophene rings is 2. The molecule has 0 radical (unpaired) electrons. The zero-order valence-electron chi connectivity index (χ0n) is 19.1. The van der Waals surface area contributed by atoms with Gasteiger partial charge in [0.1, 0.15) is 5.75 Å². The van der Waals surface area contributed by atoms with Gasteiger partial charge in [0.15, 0.2) is 0 Å². The molecule has 0 atom stereocenters. The Hall–Kier alpha value is -2.32. The molecule has 2 nitrogen and oxygen atoms in total. The number of methoxy groups -OCH3 is 1. The topological polar surface area (TPSA) is 12.5 Å². The largest absolute Gasteiger partial charge is 0.496 e. The quantitative estimate of drug-likeness (QED) is 0.329.